The Hall–Kier alpha value is 0.510. The second-order valence-corrected chi connectivity index (χ2v) is 10.8. The Morgan fingerprint density at radius 3 is 1.76 bits per heavy atom. The van der Waals surface area contributed by atoms with Gasteiger partial charge in [0.2, 0.25) is 0 Å². The fourth-order valence-corrected chi connectivity index (χ4v) is 4.90. The SMILES string of the molecule is O=P([O-])(O)OCC1OC(CCOC2OC(CO)C(OC3OC(CO)C(O)C(O)C3O)C(O)C2O)C(O)C(O)C1O.[Na+]. The van der Waals surface area contributed by atoms with Gasteiger partial charge in [0.25, 0.3) is 7.82 Å². The number of hydrogen-bond donors (Lipinski definition) is 11. The van der Waals surface area contributed by atoms with Crippen LogP contribution < -0.4 is 34.5 Å². The van der Waals surface area contributed by atoms with Crippen LogP contribution in [0.4, 0.5) is 0 Å². The minimum Gasteiger partial charge on any atom is -0.756 e. The standard InChI is InChI=1S/C20H37O19P.Na/c21-3-7-11(24)14(27)16(29)20(37-7)39-18-8(4-22)38-19(17(30)15(18)28)34-2-1-6-10(23)13(26)12(25)9(36-6)5-35-40(31,32)33;/h6-30H,1-5H2,(H2,31,32,33);/q;+1/p-1. The second-order valence-electron chi connectivity index (χ2n) is 9.61. The molecule has 3 aliphatic heterocycles. The zero-order valence-corrected chi connectivity index (χ0v) is 24.7. The number of aliphatic hydroxyl groups is 10. The van der Waals surface area contributed by atoms with Crippen LogP contribution in [0.2, 0.25) is 0 Å². The summed E-state index contributed by atoms with van der Waals surface area (Å²) >= 11 is 0. The van der Waals surface area contributed by atoms with Crippen LogP contribution in [0.25, 0.3) is 0 Å². The van der Waals surface area contributed by atoms with Crippen molar-refractivity contribution in [2.24, 2.45) is 0 Å². The van der Waals surface area contributed by atoms with E-state index in [0.29, 0.717) is 0 Å². The Balaban J connectivity index is 0.00000588. The van der Waals surface area contributed by atoms with E-state index in [2.05, 4.69) is 4.52 Å². The molecule has 3 fully saturated rings. The molecule has 21 heteroatoms. The van der Waals surface area contributed by atoms with Crippen LogP contribution in [-0.2, 0) is 32.8 Å². The van der Waals surface area contributed by atoms with Crippen LogP contribution >= 0.6 is 7.82 Å². The van der Waals surface area contributed by atoms with Gasteiger partial charge in [-0.15, -0.1) is 0 Å². The summed E-state index contributed by atoms with van der Waals surface area (Å²) in [7, 11) is -5.17. The van der Waals surface area contributed by atoms with Crippen molar-refractivity contribution < 1.29 is 123 Å². The Bertz CT molecular complexity index is 834. The third-order valence-corrected chi connectivity index (χ3v) is 7.33. The van der Waals surface area contributed by atoms with Gasteiger partial charge in [0.15, 0.2) is 12.6 Å². The molecule has 0 amide bonds. The van der Waals surface area contributed by atoms with Crippen molar-refractivity contribution >= 4 is 7.82 Å². The molecule has 0 bridgehead atoms. The molecule has 0 aromatic rings. The van der Waals surface area contributed by atoms with E-state index in [1.807, 2.05) is 0 Å². The molecular formula is C20H36NaO19P. The monoisotopic (exact) mass is 634 g/mol. The first-order valence-corrected chi connectivity index (χ1v) is 13.8. The molecule has 3 rings (SSSR count). The number of phosphoric ester groups is 1. The van der Waals surface area contributed by atoms with Gasteiger partial charge in [-0.1, -0.05) is 0 Å². The zero-order valence-electron chi connectivity index (χ0n) is 21.8. The molecule has 3 saturated heterocycles. The van der Waals surface area contributed by atoms with Crippen LogP contribution in [-0.4, -0.2) is 174 Å². The van der Waals surface area contributed by atoms with E-state index in [1.165, 1.54) is 0 Å². The van der Waals surface area contributed by atoms with Crippen LogP contribution in [0.5, 0.6) is 0 Å². The molecule has 236 valence electrons. The molecule has 41 heavy (non-hydrogen) atoms. The number of phosphoric acid groups is 1. The first-order chi connectivity index (χ1) is 18.7. The summed E-state index contributed by atoms with van der Waals surface area (Å²) in [5, 5.41) is 100. The first kappa shape index (κ1) is 37.7. The van der Waals surface area contributed by atoms with E-state index in [0.717, 1.165) is 0 Å². The molecule has 19 nitrogen and oxygen atoms in total. The molecule has 0 aliphatic carbocycles. The van der Waals surface area contributed by atoms with Gasteiger partial charge >= 0.3 is 29.6 Å². The summed E-state index contributed by atoms with van der Waals surface area (Å²) in [6, 6.07) is 0. The van der Waals surface area contributed by atoms with Gasteiger partial charge in [-0.05, 0) is 6.42 Å². The summed E-state index contributed by atoms with van der Waals surface area (Å²) in [5.41, 5.74) is 0. The maximum Gasteiger partial charge on any atom is 1.00 e. The Kier molecular flexibility index (Phi) is 14.9. The molecule has 0 radical (unpaired) electrons. The molecular weight excluding hydrogens is 598 g/mol. The van der Waals surface area contributed by atoms with Crippen molar-refractivity contribution in [1.29, 1.82) is 0 Å². The topological polar surface area (TPSA) is 318 Å². The molecule has 16 unspecified atom stereocenters. The second kappa shape index (κ2) is 16.2. The van der Waals surface area contributed by atoms with Gasteiger partial charge in [0.1, 0.15) is 73.2 Å². The molecule has 0 spiro atoms. The molecule has 3 aliphatic rings. The summed E-state index contributed by atoms with van der Waals surface area (Å²) in [6.07, 6.45) is -24.6. The Morgan fingerprint density at radius 2 is 1.17 bits per heavy atom. The predicted molar refractivity (Wildman–Crippen MR) is 119 cm³/mol. The number of rotatable bonds is 11. The van der Waals surface area contributed by atoms with Gasteiger partial charge < -0.3 is 89.1 Å². The predicted octanol–water partition coefficient (Wildman–Crippen LogP) is -10.7. The van der Waals surface area contributed by atoms with E-state index in [-0.39, 0.29) is 42.6 Å². The third-order valence-electron chi connectivity index (χ3n) is 6.86. The van der Waals surface area contributed by atoms with Crippen molar-refractivity contribution in [3.8, 4) is 0 Å². The normalized spacial score (nSPS) is 46.9. The van der Waals surface area contributed by atoms with Crippen LogP contribution in [0.15, 0.2) is 0 Å². The van der Waals surface area contributed by atoms with Gasteiger partial charge in [-0.3, -0.25) is 4.57 Å². The maximum atomic E-state index is 10.8. The zero-order chi connectivity index (χ0) is 29.9. The van der Waals surface area contributed by atoms with Crippen molar-refractivity contribution in [1.82, 2.24) is 0 Å². The van der Waals surface area contributed by atoms with Crippen LogP contribution in [0.1, 0.15) is 6.42 Å². The van der Waals surface area contributed by atoms with E-state index >= 15 is 0 Å². The van der Waals surface area contributed by atoms with E-state index in [4.69, 9.17) is 28.6 Å². The van der Waals surface area contributed by atoms with Gasteiger partial charge in [0, 0.05) is 0 Å². The Morgan fingerprint density at radius 1 is 0.659 bits per heavy atom. The molecule has 16 atom stereocenters. The van der Waals surface area contributed by atoms with Gasteiger partial charge in [-0.25, -0.2) is 0 Å². The first-order valence-electron chi connectivity index (χ1n) is 12.3. The van der Waals surface area contributed by atoms with Crippen LogP contribution in [0, 0.1) is 0 Å². The summed E-state index contributed by atoms with van der Waals surface area (Å²) in [6.45, 7) is -2.79. The summed E-state index contributed by atoms with van der Waals surface area (Å²) in [4.78, 5) is 19.6. The summed E-state index contributed by atoms with van der Waals surface area (Å²) < 4.78 is 41.9. The Labute approximate surface area is 255 Å². The average Bonchev–Trinajstić information content (AvgIpc) is 2.91. The van der Waals surface area contributed by atoms with E-state index in [1.54, 1.807) is 0 Å². The van der Waals surface area contributed by atoms with Gasteiger partial charge in [0.05, 0.1) is 32.5 Å². The fourth-order valence-electron chi connectivity index (χ4n) is 4.57. The molecule has 11 N–H and O–H groups in total. The fraction of sp³-hybridized carbons (Fsp3) is 1.00. The van der Waals surface area contributed by atoms with Crippen molar-refractivity contribution in [3.05, 3.63) is 0 Å². The molecule has 3 heterocycles. The van der Waals surface area contributed by atoms with Crippen molar-refractivity contribution in [3.63, 3.8) is 0 Å². The number of aliphatic hydroxyl groups excluding tert-OH is 10. The number of ether oxygens (including phenoxy) is 5. The molecule has 0 saturated carbocycles. The van der Waals surface area contributed by atoms with E-state index < -0.39 is 120 Å². The van der Waals surface area contributed by atoms with E-state index in [9.17, 15) is 60.5 Å². The summed E-state index contributed by atoms with van der Waals surface area (Å²) in [5.74, 6) is 0. The third kappa shape index (κ3) is 9.27. The van der Waals surface area contributed by atoms with Crippen LogP contribution in [0.3, 0.4) is 0 Å². The average molecular weight is 634 g/mol. The van der Waals surface area contributed by atoms with Crippen molar-refractivity contribution in [2.75, 3.05) is 26.4 Å². The molecule has 0 aromatic heterocycles. The van der Waals surface area contributed by atoms with Gasteiger partial charge in [-0.2, -0.15) is 0 Å². The molecule has 0 aromatic carbocycles. The van der Waals surface area contributed by atoms with Crippen molar-refractivity contribution in [2.45, 2.75) is 98.4 Å². The maximum absolute atomic E-state index is 10.8. The smallest absolute Gasteiger partial charge is 0.756 e. The minimum atomic E-state index is -5.17. The minimum absolute atomic E-state index is 0. The largest absolute Gasteiger partial charge is 1.00 e. The quantitative estimate of drug-likeness (QED) is 0.0742. The number of hydrogen-bond acceptors (Lipinski definition) is 18.